The summed E-state index contributed by atoms with van der Waals surface area (Å²) in [7, 11) is 0. The molecule has 0 aliphatic carbocycles. The Bertz CT molecular complexity index is 1110. The molecule has 0 spiro atoms. The van der Waals surface area contributed by atoms with Crippen molar-refractivity contribution in [2.45, 2.75) is 19.8 Å². The Balaban J connectivity index is 1.57. The number of nitrogens with one attached hydrogen (secondary N) is 3. The van der Waals surface area contributed by atoms with Crippen molar-refractivity contribution in [2.75, 3.05) is 6.61 Å². The van der Waals surface area contributed by atoms with Crippen LogP contribution in [-0.2, 0) is 11.2 Å². The number of hydrazine groups is 1. The van der Waals surface area contributed by atoms with Crippen LogP contribution < -0.4 is 20.9 Å². The molecule has 2 amide bonds. The summed E-state index contributed by atoms with van der Waals surface area (Å²) in [5.41, 5.74) is 6.35. The van der Waals surface area contributed by atoms with E-state index < -0.39 is 5.91 Å². The molecule has 8 heteroatoms. The van der Waals surface area contributed by atoms with Crippen molar-refractivity contribution in [3.8, 4) is 5.75 Å². The summed E-state index contributed by atoms with van der Waals surface area (Å²) in [5, 5.41) is 4.63. The molecule has 0 aliphatic heterocycles. The fourth-order valence-corrected chi connectivity index (χ4v) is 3.51. The monoisotopic (exact) mass is 499 g/mol. The Morgan fingerprint density at radius 1 is 1.03 bits per heavy atom. The van der Waals surface area contributed by atoms with Crippen LogP contribution in [0.25, 0.3) is 10.8 Å². The van der Waals surface area contributed by atoms with E-state index in [1.807, 2.05) is 49.4 Å². The molecule has 6 nitrogen and oxygen atoms in total. The second-order valence-electron chi connectivity index (χ2n) is 6.76. The summed E-state index contributed by atoms with van der Waals surface area (Å²) in [6, 6.07) is 18.9. The standard InChI is InChI=1S/C23H22BrN3O3S/c1-2-12-30-20-11-10-17(24)14-19(20)22(29)25-23(31)27-26-21(28)13-16-8-5-7-15-6-3-4-9-18(15)16/h3-11,14H,2,12-13H2,1H3,(H,26,28)(H2,25,27,29,31). The summed E-state index contributed by atoms with van der Waals surface area (Å²) in [4.78, 5) is 25.0. The van der Waals surface area contributed by atoms with Crippen molar-refractivity contribution < 1.29 is 14.3 Å². The number of fused-ring (bicyclic) bond motifs is 1. The molecule has 0 saturated heterocycles. The highest BCUT2D eigenvalue weighted by Gasteiger charge is 2.15. The van der Waals surface area contributed by atoms with Crippen LogP contribution in [0.2, 0.25) is 0 Å². The lowest BCUT2D eigenvalue weighted by Crippen LogP contribution is -2.48. The predicted molar refractivity (Wildman–Crippen MR) is 129 cm³/mol. The van der Waals surface area contributed by atoms with Gasteiger partial charge < -0.3 is 4.74 Å². The minimum Gasteiger partial charge on any atom is -0.493 e. The van der Waals surface area contributed by atoms with Gasteiger partial charge in [-0.3, -0.25) is 25.8 Å². The van der Waals surface area contributed by atoms with E-state index in [2.05, 4.69) is 32.1 Å². The molecular weight excluding hydrogens is 478 g/mol. The maximum Gasteiger partial charge on any atom is 0.261 e. The van der Waals surface area contributed by atoms with Gasteiger partial charge in [0.1, 0.15) is 5.75 Å². The van der Waals surface area contributed by atoms with E-state index in [4.69, 9.17) is 17.0 Å². The van der Waals surface area contributed by atoms with Gasteiger partial charge in [-0.15, -0.1) is 0 Å². The van der Waals surface area contributed by atoms with E-state index in [1.165, 1.54) is 0 Å². The Labute approximate surface area is 194 Å². The Morgan fingerprint density at radius 3 is 2.61 bits per heavy atom. The van der Waals surface area contributed by atoms with Crippen LogP contribution >= 0.6 is 28.1 Å². The molecule has 0 unspecified atom stereocenters. The first-order chi connectivity index (χ1) is 15.0. The van der Waals surface area contributed by atoms with Gasteiger partial charge in [0.05, 0.1) is 18.6 Å². The zero-order chi connectivity index (χ0) is 22.2. The van der Waals surface area contributed by atoms with Gasteiger partial charge in [0.25, 0.3) is 5.91 Å². The Hall–Kier alpha value is -2.97. The van der Waals surface area contributed by atoms with Gasteiger partial charge in [0.2, 0.25) is 5.91 Å². The highest BCUT2D eigenvalue weighted by atomic mass is 79.9. The van der Waals surface area contributed by atoms with Crippen molar-refractivity contribution in [1.29, 1.82) is 0 Å². The van der Waals surface area contributed by atoms with Gasteiger partial charge in [0.15, 0.2) is 5.11 Å². The predicted octanol–water partition coefficient (Wildman–Crippen LogP) is 4.27. The molecule has 0 saturated carbocycles. The van der Waals surface area contributed by atoms with Gasteiger partial charge >= 0.3 is 0 Å². The second-order valence-corrected chi connectivity index (χ2v) is 8.08. The molecule has 3 N–H and O–H groups in total. The number of benzene rings is 3. The summed E-state index contributed by atoms with van der Waals surface area (Å²) in [6.07, 6.45) is 0.991. The normalized spacial score (nSPS) is 10.4. The summed E-state index contributed by atoms with van der Waals surface area (Å²) in [5.74, 6) is -0.249. The lowest BCUT2D eigenvalue weighted by Gasteiger charge is -2.14. The first-order valence-corrected chi connectivity index (χ1v) is 11.0. The molecule has 0 fully saturated rings. The smallest absolute Gasteiger partial charge is 0.261 e. The molecule has 0 heterocycles. The lowest BCUT2D eigenvalue weighted by molar-refractivity contribution is -0.121. The third-order valence-corrected chi connectivity index (χ3v) is 5.12. The SMILES string of the molecule is CCCOc1ccc(Br)cc1C(=O)NC(=S)NNC(=O)Cc1cccc2ccccc12. The highest BCUT2D eigenvalue weighted by molar-refractivity contribution is 9.10. The van der Waals surface area contributed by atoms with E-state index in [0.717, 1.165) is 27.2 Å². The summed E-state index contributed by atoms with van der Waals surface area (Å²) in [6.45, 7) is 2.48. The fourth-order valence-electron chi connectivity index (χ4n) is 3.01. The van der Waals surface area contributed by atoms with Crippen LogP contribution in [0.4, 0.5) is 0 Å². The second kappa shape index (κ2) is 10.9. The van der Waals surface area contributed by atoms with Gasteiger partial charge in [0, 0.05) is 4.47 Å². The van der Waals surface area contributed by atoms with Crippen molar-refractivity contribution >= 4 is 55.8 Å². The molecule has 3 rings (SSSR count). The maximum absolute atomic E-state index is 12.6. The first-order valence-electron chi connectivity index (χ1n) is 9.77. The third-order valence-electron chi connectivity index (χ3n) is 4.42. The van der Waals surface area contributed by atoms with Crippen LogP contribution in [0, 0.1) is 0 Å². The summed E-state index contributed by atoms with van der Waals surface area (Å²) < 4.78 is 6.37. The maximum atomic E-state index is 12.6. The van der Waals surface area contributed by atoms with Gasteiger partial charge in [-0.05, 0) is 53.2 Å². The van der Waals surface area contributed by atoms with Gasteiger partial charge in [-0.1, -0.05) is 65.3 Å². The number of hydrogen-bond acceptors (Lipinski definition) is 4. The number of hydrogen-bond donors (Lipinski definition) is 3. The van der Waals surface area contributed by atoms with Gasteiger partial charge in [-0.25, -0.2) is 0 Å². The van der Waals surface area contributed by atoms with E-state index in [-0.39, 0.29) is 17.4 Å². The van der Waals surface area contributed by atoms with Crippen molar-refractivity contribution in [3.63, 3.8) is 0 Å². The number of amides is 2. The third kappa shape index (κ3) is 6.26. The minimum atomic E-state index is -0.437. The molecule has 0 aliphatic rings. The van der Waals surface area contributed by atoms with Crippen molar-refractivity contribution in [2.24, 2.45) is 0 Å². The topological polar surface area (TPSA) is 79.5 Å². The minimum absolute atomic E-state index is 0.0160. The number of rotatable bonds is 6. The van der Waals surface area contributed by atoms with E-state index in [0.29, 0.717) is 17.9 Å². The van der Waals surface area contributed by atoms with Crippen LogP contribution in [0.1, 0.15) is 29.3 Å². The molecule has 31 heavy (non-hydrogen) atoms. The quantitative estimate of drug-likeness (QED) is 0.348. The van der Waals surface area contributed by atoms with E-state index in [9.17, 15) is 9.59 Å². The zero-order valence-electron chi connectivity index (χ0n) is 16.9. The zero-order valence-corrected chi connectivity index (χ0v) is 19.3. The molecule has 0 bridgehead atoms. The average Bonchev–Trinajstić information content (AvgIpc) is 2.77. The van der Waals surface area contributed by atoms with Crippen LogP contribution in [-0.4, -0.2) is 23.5 Å². The van der Waals surface area contributed by atoms with E-state index >= 15 is 0 Å². The number of thiocarbonyl (C=S) groups is 1. The largest absolute Gasteiger partial charge is 0.493 e. The van der Waals surface area contributed by atoms with Crippen molar-refractivity contribution in [1.82, 2.24) is 16.2 Å². The first kappa shape index (κ1) is 22.7. The number of ether oxygens (including phenoxy) is 1. The van der Waals surface area contributed by atoms with Crippen LogP contribution in [0.15, 0.2) is 65.1 Å². The number of carbonyl (C=O) groups excluding carboxylic acids is 2. The molecule has 3 aromatic rings. The molecule has 3 aromatic carbocycles. The fraction of sp³-hybridized carbons (Fsp3) is 0.174. The lowest BCUT2D eigenvalue weighted by atomic mass is 10.0. The molecule has 0 aromatic heterocycles. The van der Waals surface area contributed by atoms with Crippen LogP contribution in [0.3, 0.4) is 0 Å². The average molecular weight is 500 g/mol. The highest BCUT2D eigenvalue weighted by Crippen LogP contribution is 2.23. The molecule has 0 atom stereocenters. The number of halogens is 1. The van der Waals surface area contributed by atoms with E-state index in [1.54, 1.807) is 18.2 Å². The Kier molecular flexibility index (Phi) is 7.97. The molecular formula is C23H22BrN3O3S. The number of carbonyl (C=O) groups is 2. The molecule has 0 radical (unpaired) electrons. The van der Waals surface area contributed by atoms with Crippen molar-refractivity contribution in [3.05, 3.63) is 76.3 Å². The van der Waals surface area contributed by atoms with Crippen LogP contribution in [0.5, 0.6) is 5.75 Å². The van der Waals surface area contributed by atoms with Gasteiger partial charge in [-0.2, -0.15) is 0 Å². The molecule has 160 valence electrons. The Morgan fingerprint density at radius 2 is 1.81 bits per heavy atom. The summed E-state index contributed by atoms with van der Waals surface area (Å²) >= 11 is 8.50.